The number of nitrogens with one attached hydrogen (secondary N) is 1. The molecule has 0 spiro atoms. The van der Waals surface area contributed by atoms with Crippen molar-refractivity contribution in [2.24, 2.45) is 0 Å². The number of aliphatic hydroxyl groups is 1. The van der Waals surface area contributed by atoms with E-state index in [1.54, 1.807) is 24.3 Å². The van der Waals surface area contributed by atoms with Gasteiger partial charge in [0.25, 0.3) is 0 Å². The van der Waals surface area contributed by atoms with E-state index in [9.17, 15) is 4.39 Å². The lowest BCUT2D eigenvalue weighted by Gasteiger charge is -2.18. The minimum Gasteiger partial charge on any atom is -0.493 e. The highest BCUT2D eigenvalue weighted by molar-refractivity contribution is 5.51. The van der Waals surface area contributed by atoms with E-state index in [1.807, 2.05) is 19.1 Å². The number of aliphatic hydroxyl groups excluding tert-OH is 1. The molecule has 2 N–H and O–H groups in total. The van der Waals surface area contributed by atoms with Crippen LogP contribution in [0.3, 0.4) is 0 Å². The Hall–Kier alpha value is -2.78. The first-order chi connectivity index (χ1) is 11.6. The molecule has 0 saturated carbocycles. The molecule has 0 heterocycles. The van der Waals surface area contributed by atoms with Gasteiger partial charge >= 0.3 is 0 Å². The molecule has 0 aliphatic rings. The summed E-state index contributed by atoms with van der Waals surface area (Å²) in [6.45, 7) is 1.99. The molecule has 0 fully saturated rings. The highest BCUT2D eigenvalue weighted by Gasteiger charge is 2.13. The maximum atomic E-state index is 14.0. The SMILES string of the molecule is COc1cc([C@H](C)Nc2ccc(C#N)cc2F)ccc1OCCO. The summed E-state index contributed by atoms with van der Waals surface area (Å²) in [6.07, 6.45) is 0. The number of nitrogens with zero attached hydrogens (tertiary/aromatic N) is 1. The predicted molar refractivity (Wildman–Crippen MR) is 88.7 cm³/mol. The van der Waals surface area contributed by atoms with Gasteiger partial charge < -0.3 is 19.9 Å². The van der Waals surface area contributed by atoms with Crippen LogP contribution in [0.1, 0.15) is 24.1 Å². The van der Waals surface area contributed by atoms with Crippen LogP contribution in [0, 0.1) is 17.1 Å². The standard InChI is InChI=1S/C18H19FN2O3/c1-12(21-16-5-3-13(11-20)9-15(16)19)14-4-6-17(24-8-7-22)18(10-14)23-2/h3-6,9-10,12,21-22H,7-8H2,1-2H3/t12-/m0/s1. The molecule has 0 unspecified atom stereocenters. The second kappa shape index (κ2) is 8.18. The summed E-state index contributed by atoms with van der Waals surface area (Å²) in [5.41, 5.74) is 1.48. The van der Waals surface area contributed by atoms with E-state index in [0.717, 1.165) is 5.56 Å². The quantitative estimate of drug-likeness (QED) is 0.815. The fourth-order valence-electron chi connectivity index (χ4n) is 2.25. The van der Waals surface area contributed by atoms with Crippen molar-refractivity contribution in [3.05, 3.63) is 53.3 Å². The van der Waals surface area contributed by atoms with Gasteiger partial charge in [0.05, 0.1) is 31.0 Å². The number of hydrogen-bond donors (Lipinski definition) is 2. The summed E-state index contributed by atoms with van der Waals surface area (Å²) >= 11 is 0. The van der Waals surface area contributed by atoms with Crippen molar-refractivity contribution in [3.63, 3.8) is 0 Å². The Balaban J connectivity index is 2.17. The number of benzene rings is 2. The predicted octanol–water partition coefficient (Wildman–Crippen LogP) is 3.25. The van der Waals surface area contributed by atoms with Crippen LogP contribution in [-0.2, 0) is 0 Å². The fraction of sp³-hybridized carbons (Fsp3) is 0.278. The molecule has 2 aromatic carbocycles. The minimum atomic E-state index is -0.476. The minimum absolute atomic E-state index is 0.0825. The van der Waals surface area contributed by atoms with Crippen molar-refractivity contribution in [3.8, 4) is 17.6 Å². The average Bonchev–Trinajstić information content (AvgIpc) is 2.61. The second-order valence-electron chi connectivity index (χ2n) is 5.15. The van der Waals surface area contributed by atoms with Gasteiger partial charge in [-0.2, -0.15) is 5.26 Å². The highest BCUT2D eigenvalue weighted by Crippen LogP contribution is 2.31. The third-order valence-corrected chi connectivity index (χ3v) is 3.51. The molecule has 5 nitrogen and oxygen atoms in total. The van der Waals surface area contributed by atoms with E-state index in [4.69, 9.17) is 19.8 Å². The van der Waals surface area contributed by atoms with Gasteiger partial charge in [0.2, 0.25) is 0 Å². The summed E-state index contributed by atoms with van der Waals surface area (Å²) in [4.78, 5) is 0. The van der Waals surface area contributed by atoms with Crippen LogP contribution in [0.4, 0.5) is 10.1 Å². The van der Waals surface area contributed by atoms with Gasteiger partial charge in [-0.3, -0.25) is 0 Å². The van der Waals surface area contributed by atoms with Crippen molar-refractivity contribution in [2.75, 3.05) is 25.6 Å². The molecule has 0 aliphatic heterocycles. The van der Waals surface area contributed by atoms with E-state index in [-0.39, 0.29) is 24.8 Å². The van der Waals surface area contributed by atoms with Crippen molar-refractivity contribution >= 4 is 5.69 Å². The summed E-state index contributed by atoms with van der Waals surface area (Å²) in [5, 5.41) is 20.7. The molecule has 0 amide bonds. The summed E-state index contributed by atoms with van der Waals surface area (Å²) in [6, 6.07) is 11.4. The molecule has 126 valence electrons. The zero-order chi connectivity index (χ0) is 17.5. The Morgan fingerprint density at radius 3 is 2.67 bits per heavy atom. The molecule has 0 radical (unpaired) electrons. The Labute approximate surface area is 140 Å². The first-order valence-electron chi connectivity index (χ1n) is 7.46. The number of hydrogen-bond acceptors (Lipinski definition) is 5. The van der Waals surface area contributed by atoms with Gasteiger partial charge in [-0.05, 0) is 42.8 Å². The van der Waals surface area contributed by atoms with Crippen LogP contribution < -0.4 is 14.8 Å². The smallest absolute Gasteiger partial charge is 0.161 e. The van der Waals surface area contributed by atoms with E-state index in [1.165, 1.54) is 13.2 Å². The lowest BCUT2D eigenvalue weighted by atomic mass is 10.1. The summed E-state index contributed by atoms with van der Waals surface area (Å²) < 4.78 is 24.7. The van der Waals surface area contributed by atoms with Gasteiger partial charge in [0, 0.05) is 6.04 Å². The molecule has 24 heavy (non-hydrogen) atoms. The number of methoxy groups -OCH3 is 1. The molecule has 0 saturated heterocycles. The molecule has 0 aromatic heterocycles. The number of anilines is 1. The normalized spacial score (nSPS) is 11.5. The van der Waals surface area contributed by atoms with Gasteiger partial charge in [-0.25, -0.2) is 4.39 Å². The molecular weight excluding hydrogens is 311 g/mol. The maximum Gasteiger partial charge on any atom is 0.161 e. The van der Waals surface area contributed by atoms with Crippen LogP contribution in [-0.4, -0.2) is 25.4 Å². The summed E-state index contributed by atoms with van der Waals surface area (Å²) in [7, 11) is 1.53. The van der Waals surface area contributed by atoms with Crippen molar-refractivity contribution in [2.45, 2.75) is 13.0 Å². The van der Waals surface area contributed by atoms with Crippen LogP contribution >= 0.6 is 0 Å². The van der Waals surface area contributed by atoms with Gasteiger partial charge in [0.15, 0.2) is 11.5 Å². The van der Waals surface area contributed by atoms with Crippen LogP contribution in [0.15, 0.2) is 36.4 Å². The monoisotopic (exact) mass is 330 g/mol. The molecule has 6 heteroatoms. The maximum absolute atomic E-state index is 14.0. The number of rotatable bonds is 7. The lowest BCUT2D eigenvalue weighted by Crippen LogP contribution is -2.09. The zero-order valence-electron chi connectivity index (χ0n) is 13.5. The van der Waals surface area contributed by atoms with Crippen LogP contribution in [0.2, 0.25) is 0 Å². The average molecular weight is 330 g/mol. The third kappa shape index (κ3) is 4.15. The molecule has 2 rings (SSSR count). The van der Waals surface area contributed by atoms with E-state index in [2.05, 4.69) is 5.32 Å². The van der Waals surface area contributed by atoms with Gasteiger partial charge in [0.1, 0.15) is 12.4 Å². The number of ether oxygens (including phenoxy) is 2. The van der Waals surface area contributed by atoms with E-state index in [0.29, 0.717) is 17.2 Å². The third-order valence-electron chi connectivity index (χ3n) is 3.51. The number of halogens is 1. The van der Waals surface area contributed by atoms with Gasteiger partial charge in [-0.1, -0.05) is 6.07 Å². The zero-order valence-corrected chi connectivity index (χ0v) is 13.5. The Morgan fingerprint density at radius 1 is 1.25 bits per heavy atom. The largest absolute Gasteiger partial charge is 0.493 e. The van der Waals surface area contributed by atoms with Crippen molar-refractivity contribution < 1.29 is 19.0 Å². The lowest BCUT2D eigenvalue weighted by molar-refractivity contribution is 0.196. The Morgan fingerprint density at radius 2 is 2.04 bits per heavy atom. The molecular formula is C18H19FN2O3. The van der Waals surface area contributed by atoms with Gasteiger partial charge in [-0.15, -0.1) is 0 Å². The molecule has 1 atom stereocenters. The summed E-state index contributed by atoms with van der Waals surface area (Å²) in [5.74, 6) is 0.595. The molecule has 0 aliphatic carbocycles. The van der Waals surface area contributed by atoms with E-state index >= 15 is 0 Å². The first kappa shape index (κ1) is 17.6. The molecule has 2 aromatic rings. The van der Waals surface area contributed by atoms with Crippen LogP contribution in [0.25, 0.3) is 0 Å². The first-order valence-corrected chi connectivity index (χ1v) is 7.46. The Kier molecular flexibility index (Phi) is 5.99. The highest BCUT2D eigenvalue weighted by atomic mass is 19.1. The number of nitriles is 1. The van der Waals surface area contributed by atoms with Crippen molar-refractivity contribution in [1.82, 2.24) is 0 Å². The Bertz CT molecular complexity index is 744. The van der Waals surface area contributed by atoms with E-state index < -0.39 is 5.82 Å². The van der Waals surface area contributed by atoms with Crippen LogP contribution in [0.5, 0.6) is 11.5 Å². The second-order valence-corrected chi connectivity index (χ2v) is 5.15. The fourth-order valence-corrected chi connectivity index (χ4v) is 2.25. The molecule has 0 bridgehead atoms. The van der Waals surface area contributed by atoms with Crippen molar-refractivity contribution in [1.29, 1.82) is 5.26 Å². The topological polar surface area (TPSA) is 74.5 Å².